The number of aryl methyl sites for hydroxylation is 1. The van der Waals surface area contributed by atoms with Gasteiger partial charge in [-0.1, -0.05) is 56.1 Å². The second-order valence-corrected chi connectivity index (χ2v) is 6.21. The first-order chi connectivity index (χ1) is 8.86. The van der Waals surface area contributed by atoms with Crippen molar-refractivity contribution in [3.63, 3.8) is 0 Å². The van der Waals surface area contributed by atoms with Crippen molar-refractivity contribution in [3.8, 4) is 11.5 Å². The molecule has 2 aromatic rings. The van der Waals surface area contributed by atoms with Crippen LogP contribution in [0.25, 0.3) is 0 Å². The second-order valence-electron chi connectivity index (χ2n) is 5.81. The molecule has 0 saturated carbocycles. The first-order valence-electron chi connectivity index (χ1n) is 6.41. The highest BCUT2D eigenvalue weighted by Crippen LogP contribution is 2.33. The highest BCUT2D eigenvalue weighted by molar-refractivity contribution is 6.31. The lowest BCUT2D eigenvalue weighted by Crippen LogP contribution is -2.11. The van der Waals surface area contributed by atoms with E-state index in [0.29, 0.717) is 0 Å². The summed E-state index contributed by atoms with van der Waals surface area (Å²) in [6.07, 6.45) is 0. The van der Waals surface area contributed by atoms with E-state index in [1.807, 2.05) is 42.5 Å². The van der Waals surface area contributed by atoms with Crippen molar-refractivity contribution in [1.29, 1.82) is 0 Å². The lowest BCUT2D eigenvalue weighted by Gasteiger charge is -2.21. The third-order valence-electron chi connectivity index (χ3n) is 3.01. The van der Waals surface area contributed by atoms with Crippen LogP contribution in [0.1, 0.15) is 31.9 Å². The van der Waals surface area contributed by atoms with Crippen molar-refractivity contribution in [2.75, 3.05) is 0 Å². The van der Waals surface area contributed by atoms with Crippen LogP contribution >= 0.6 is 11.6 Å². The molecule has 0 spiro atoms. The fraction of sp³-hybridized carbons (Fsp3) is 0.294. The van der Waals surface area contributed by atoms with E-state index in [0.717, 1.165) is 22.1 Å². The van der Waals surface area contributed by atoms with Gasteiger partial charge >= 0.3 is 0 Å². The molecule has 2 aromatic carbocycles. The Balaban J connectivity index is 2.23. The van der Waals surface area contributed by atoms with E-state index in [1.54, 1.807) is 0 Å². The van der Waals surface area contributed by atoms with E-state index < -0.39 is 0 Å². The first-order valence-corrected chi connectivity index (χ1v) is 6.78. The molecule has 0 N–H and O–H groups in total. The Morgan fingerprint density at radius 2 is 1.47 bits per heavy atom. The lowest BCUT2D eigenvalue weighted by atomic mass is 9.87. The number of rotatable bonds is 2. The van der Waals surface area contributed by atoms with Gasteiger partial charge in [-0.05, 0) is 42.2 Å². The molecule has 0 atom stereocenters. The Hall–Kier alpha value is -1.47. The molecule has 0 unspecified atom stereocenters. The third kappa shape index (κ3) is 3.51. The van der Waals surface area contributed by atoms with Crippen molar-refractivity contribution in [2.45, 2.75) is 33.1 Å². The van der Waals surface area contributed by atoms with Gasteiger partial charge < -0.3 is 4.74 Å². The van der Waals surface area contributed by atoms with Gasteiger partial charge in [-0.3, -0.25) is 0 Å². The number of halogens is 1. The highest BCUT2D eigenvalue weighted by atomic mass is 35.5. The van der Waals surface area contributed by atoms with Gasteiger partial charge in [0.1, 0.15) is 11.5 Å². The molecule has 0 amide bonds. The van der Waals surface area contributed by atoms with Crippen LogP contribution in [0.5, 0.6) is 11.5 Å². The monoisotopic (exact) mass is 274 g/mol. The zero-order chi connectivity index (χ0) is 14.0. The molecule has 0 aliphatic carbocycles. The quantitative estimate of drug-likeness (QED) is 0.679. The normalized spacial score (nSPS) is 11.4. The van der Waals surface area contributed by atoms with Crippen molar-refractivity contribution in [3.05, 3.63) is 58.6 Å². The summed E-state index contributed by atoms with van der Waals surface area (Å²) in [4.78, 5) is 0. The number of hydrogen-bond acceptors (Lipinski definition) is 1. The molecular formula is C17H19ClO. The highest BCUT2D eigenvalue weighted by Gasteiger charge is 2.17. The molecule has 0 aliphatic rings. The van der Waals surface area contributed by atoms with Gasteiger partial charge in [-0.2, -0.15) is 0 Å². The van der Waals surface area contributed by atoms with Gasteiger partial charge in [0.05, 0.1) is 0 Å². The molecule has 2 heteroatoms. The first kappa shape index (κ1) is 14.0. The van der Waals surface area contributed by atoms with Gasteiger partial charge in [0.2, 0.25) is 0 Å². The maximum atomic E-state index is 6.33. The van der Waals surface area contributed by atoms with Gasteiger partial charge in [0.15, 0.2) is 0 Å². The molecule has 2 rings (SSSR count). The van der Waals surface area contributed by atoms with E-state index >= 15 is 0 Å². The predicted octanol–water partition coefficient (Wildman–Crippen LogP) is 5.74. The number of hydrogen-bond donors (Lipinski definition) is 0. The summed E-state index contributed by atoms with van der Waals surface area (Å²) in [5.74, 6) is 1.59. The molecule has 0 fully saturated rings. The van der Waals surface area contributed by atoms with Crippen LogP contribution in [0, 0.1) is 6.92 Å². The van der Waals surface area contributed by atoms with Crippen LogP contribution in [0.2, 0.25) is 5.02 Å². The topological polar surface area (TPSA) is 9.23 Å². The van der Waals surface area contributed by atoms with E-state index in [4.69, 9.17) is 16.3 Å². The van der Waals surface area contributed by atoms with Crippen LogP contribution < -0.4 is 4.74 Å². The van der Waals surface area contributed by atoms with Crippen LogP contribution in [0.4, 0.5) is 0 Å². The largest absolute Gasteiger partial charge is 0.457 e. The Morgan fingerprint density at radius 3 is 2.00 bits per heavy atom. The molecule has 0 radical (unpaired) electrons. The molecular weight excluding hydrogens is 256 g/mol. The summed E-state index contributed by atoms with van der Waals surface area (Å²) >= 11 is 6.33. The average molecular weight is 275 g/mol. The molecule has 0 saturated heterocycles. The maximum Gasteiger partial charge on any atom is 0.128 e. The van der Waals surface area contributed by atoms with Crippen LogP contribution in [-0.4, -0.2) is 0 Å². The molecule has 19 heavy (non-hydrogen) atoms. The Kier molecular flexibility index (Phi) is 3.86. The van der Waals surface area contributed by atoms with E-state index in [9.17, 15) is 0 Å². The van der Waals surface area contributed by atoms with Gasteiger partial charge in [-0.15, -0.1) is 0 Å². The number of benzene rings is 2. The summed E-state index contributed by atoms with van der Waals surface area (Å²) in [5, 5.41) is 0.747. The third-order valence-corrected chi connectivity index (χ3v) is 3.32. The van der Waals surface area contributed by atoms with E-state index in [1.165, 1.54) is 5.56 Å². The minimum Gasteiger partial charge on any atom is -0.457 e. The Bertz CT molecular complexity index is 565. The Labute approximate surface area is 120 Å². The molecule has 0 bridgehead atoms. The summed E-state index contributed by atoms with van der Waals surface area (Å²) in [5.41, 5.74) is 2.39. The fourth-order valence-corrected chi connectivity index (χ4v) is 2.36. The SMILES string of the molecule is Cc1ccc(Oc2ccc(C(C)(C)C)c(Cl)c2)cc1. The van der Waals surface area contributed by atoms with Gasteiger partial charge in [0.25, 0.3) is 0 Å². The molecule has 1 nitrogen and oxygen atoms in total. The van der Waals surface area contributed by atoms with Crippen LogP contribution in [0.15, 0.2) is 42.5 Å². The molecule has 0 heterocycles. The molecule has 0 aromatic heterocycles. The summed E-state index contributed by atoms with van der Waals surface area (Å²) in [7, 11) is 0. The van der Waals surface area contributed by atoms with Crippen molar-refractivity contribution >= 4 is 11.6 Å². The molecule has 100 valence electrons. The zero-order valence-electron chi connectivity index (χ0n) is 11.8. The molecule has 0 aliphatic heterocycles. The van der Waals surface area contributed by atoms with E-state index in [-0.39, 0.29) is 5.41 Å². The summed E-state index contributed by atoms with van der Waals surface area (Å²) in [6, 6.07) is 13.9. The van der Waals surface area contributed by atoms with Gasteiger partial charge in [0, 0.05) is 5.02 Å². The number of ether oxygens (including phenoxy) is 1. The van der Waals surface area contributed by atoms with Crippen molar-refractivity contribution in [1.82, 2.24) is 0 Å². The van der Waals surface area contributed by atoms with Gasteiger partial charge in [-0.25, -0.2) is 0 Å². The summed E-state index contributed by atoms with van der Waals surface area (Å²) in [6.45, 7) is 8.50. The van der Waals surface area contributed by atoms with Crippen molar-refractivity contribution < 1.29 is 4.74 Å². The minimum absolute atomic E-state index is 0.0411. The van der Waals surface area contributed by atoms with Crippen LogP contribution in [-0.2, 0) is 5.41 Å². The standard InChI is InChI=1S/C17H19ClO/c1-12-5-7-13(8-6-12)19-14-9-10-15(16(18)11-14)17(2,3)4/h5-11H,1-4H3. The van der Waals surface area contributed by atoms with Crippen molar-refractivity contribution in [2.24, 2.45) is 0 Å². The zero-order valence-corrected chi connectivity index (χ0v) is 12.6. The predicted molar refractivity (Wildman–Crippen MR) is 81.4 cm³/mol. The van der Waals surface area contributed by atoms with Crippen LogP contribution in [0.3, 0.4) is 0 Å². The fourth-order valence-electron chi connectivity index (χ4n) is 1.91. The average Bonchev–Trinajstić information content (AvgIpc) is 2.30. The second kappa shape index (κ2) is 5.26. The minimum atomic E-state index is 0.0411. The maximum absolute atomic E-state index is 6.33. The lowest BCUT2D eigenvalue weighted by molar-refractivity contribution is 0.481. The van der Waals surface area contributed by atoms with E-state index in [2.05, 4.69) is 27.7 Å². The Morgan fingerprint density at radius 1 is 0.895 bits per heavy atom. The smallest absolute Gasteiger partial charge is 0.128 e. The summed E-state index contributed by atoms with van der Waals surface area (Å²) < 4.78 is 5.80.